The third kappa shape index (κ3) is 4.58. The quantitative estimate of drug-likeness (QED) is 0.678. The molecule has 1 aliphatic rings. The highest BCUT2D eigenvalue weighted by Crippen LogP contribution is 2.16. The number of piperazine rings is 1. The Balaban J connectivity index is 2.33. The van der Waals surface area contributed by atoms with E-state index in [4.69, 9.17) is 0 Å². The maximum Gasteiger partial charge on any atom is 0.306 e. The molecule has 0 saturated carbocycles. The molecule has 4 nitrogen and oxygen atoms in total. The van der Waals surface area contributed by atoms with Gasteiger partial charge in [-0.05, 0) is 20.3 Å². The minimum absolute atomic E-state index is 0.107. The van der Waals surface area contributed by atoms with Crippen LogP contribution in [0.3, 0.4) is 0 Å². The highest BCUT2D eigenvalue weighted by atomic mass is 16.5. The van der Waals surface area contributed by atoms with Gasteiger partial charge in [-0.25, -0.2) is 0 Å². The lowest BCUT2D eigenvalue weighted by atomic mass is 10.1. The number of carbonyl (C=O) groups excluding carboxylic acids is 1. The van der Waals surface area contributed by atoms with Gasteiger partial charge in [0.25, 0.3) is 0 Å². The predicted molar refractivity (Wildman–Crippen MR) is 73.6 cm³/mol. The second-order valence-electron chi connectivity index (χ2n) is 5.35. The van der Waals surface area contributed by atoms with Crippen LogP contribution < -0.4 is 0 Å². The molecule has 0 aliphatic carbocycles. The van der Waals surface area contributed by atoms with Crippen LogP contribution >= 0.6 is 0 Å². The number of hydrogen-bond donors (Lipinski definition) is 0. The molecule has 0 aromatic heterocycles. The standard InChI is InChI=1S/C14H28N2O2/c1-5-6-12(2)16-10-9-15(11-13(16)3)8-7-14(17)18-4/h12-13H,5-11H2,1-4H3. The first-order chi connectivity index (χ1) is 8.58. The zero-order valence-electron chi connectivity index (χ0n) is 12.3. The third-order valence-electron chi connectivity index (χ3n) is 3.90. The summed E-state index contributed by atoms with van der Waals surface area (Å²) in [6.45, 7) is 10.9. The summed E-state index contributed by atoms with van der Waals surface area (Å²) in [5, 5.41) is 0. The van der Waals surface area contributed by atoms with E-state index in [-0.39, 0.29) is 5.97 Å². The van der Waals surface area contributed by atoms with E-state index in [0.717, 1.165) is 26.2 Å². The molecular formula is C14H28N2O2. The predicted octanol–water partition coefficient (Wildman–Crippen LogP) is 1.74. The second-order valence-corrected chi connectivity index (χ2v) is 5.35. The van der Waals surface area contributed by atoms with Gasteiger partial charge in [-0.15, -0.1) is 0 Å². The number of esters is 1. The van der Waals surface area contributed by atoms with E-state index in [0.29, 0.717) is 18.5 Å². The van der Waals surface area contributed by atoms with Crippen molar-refractivity contribution in [3.8, 4) is 0 Å². The van der Waals surface area contributed by atoms with Gasteiger partial charge < -0.3 is 4.74 Å². The van der Waals surface area contributed by atoms with Gasteiger partial charge in [0.15, 0.2) is 0 Å². The number of rotatable bonds is 6. The van der Waals surface area contributed by atoms with Gasteiger partial charge in [-0.1, -0.05) is 13.3 Å². The van der Waals surface area contributed by atoms with E-state index in [9.17, 15) is 4.79 Å². The molecule has 0 amide bonds. The Kier molecular flexibility index (Phi) is 6.65. The van der Waals surface area contributed by atoms with Crippen LogP contribution in [0.5, 0.6) is 0 Å². The number of methoxy groups -OCH3 is 1. The first-order valence-corrected chi connectivity index (χ1v) is 7.13. The van der Waals surface area contributed by atoms with Crippen molar-refractivity contribution < 1.29 is 9.53 Å². The van der Waals surface area contributed by atoms with E-state index in [1.165, 1.54) is 20.0 Å². The summed E-state index contributed by atoms with van der Waals surface area (Å²) in [7, 11) is 1.45. The molecular weight excluding hydrogens is 228 g/mol. The fraction of sp³-hybridized carbons (Fsp3) is 0.929. The van der Waals surface area contributed by atoms with Gasteiger partial charge in [0.1, 0.15) is 0 Å². The fourth-order valence-electron chi connectivity index (χ4n) is 2.84. The van der Waals surface area contributed by atoms with Crippen LogP contribution in [-0.4, -0.2) is 61.1 Å². The molecule has 2 atom stereocenters. The molecule has 1 fully saturated rings. The molecule has 18 heavy (non-hydrogen) atoms. The van der Waals surface area contributed by atoms with Crippen LogP contribution in [0.2, 0.25) is 0 Å². The Bertz CT molecular complexity index is 258. The Morgan fingerprint density at radius 2 is 2.17 bits per heavy atom. The second kappa shape index (κ2) is 7.74. The van der Waals surface area contributed by atoms with Crippen molar-refractivity contribution in [2.24, 2.45) is 0 Å². The van der Waals surface area contributed by atoms with Gasteiger partial charge >= 0.3 is 5.97 Å². The molecule has 1 heterocycles. The van der Waals surface area contributed by atoms with Crippen LogP contribution in [0.4, 0.5) is 0 Å². The van der Waals surface area contributed by atoms with Crippen molar-refractivity contribution in [2.75, 3.05) is 33.3 Å². The average molecular weight is 256 g/mol. The monoisotopic (exact) mass is 256 g/mol. The van der Waals surface area contributed by atoms with Crippen LogP contribution in [0.15, 0.2) is 0 Å². The molecule has 0 aromatic carbocycles. The Labute approximate surface area is 111 Å². The van der Waals surface area contributed by atoms with E-state index in [1.54, 1.807) is 0 Å². The lowest BCUT2D eigenvalue weighted by Gasteiger charge is -2.43. The minimum atomic E-state index is -0.107. The average Bonchev–Trinajstić information content (AvgIpc) is 2.36. The zero-order valence-corrected chi connectivity index (χ0v) is 12.3. The number of carbonyl (C=O) groups is 1. The first kappa shape index (κ1) is 15.4. The molecule has 0 N–H and O–H groups in total. The zero-order chi connectivity index (χ0) is 13.5. The van der Waals surface area contributed by atoms with Gasteiger partial charge in [0.2, 0.25) is 0 Å². The van der Waals surface area contributed by atoms with Crippen molar-refractivity contribution >= 4 is 5.97 Å². The summed E-state index contributed by atoms with van der Waals surface area (Å²) < 4.78 is 4.68. The molecule has 0 radical (unpaired) electrons. The molecule has 0 spiro atoms. The summed E-state index contributed by atoms with van der Waals surface area (Å²) in [5.41, 5.74) is 0. The molecule has 2 unspecified atom stereocenters. The van der Waals surface area contributed by atoms with E-state index < -0.39 is 0 Å². The molecule has 4 heteroatoms. The summed E-state index contributed by atoms with van der Waals surface area (Å²) in [5.74, 6) is -0.107. The normalized spacial score (nSPS) is 23.9. The molecule has 0 bridgehead atoms. The number of ether oxygens (including phenoxy) is 1. The Morgan fingerprint density at radius 1 is 1.44 bits per heavy atom. The maximum absolute atomic E-state index is 11.1. The highest BCUT2D eigenvalue weighted by Gasteiger charge is 2.26. The van der Waals surface area contributed by atoms with Crippen molar-refractivity contribution in [1.82, 2.24) is 9.80 Å². The topological polar surface area (TPSA) is 32.8 Å². The van der Waals surface area contributed by atoms with E-state index in [2.05, 4.69) is 35.3 Å². The van der Waals surface area contributed by atoms with Crippen molar-refractivity contribution in [3.63, 3.8) is 0 Å². The van der Waals surface area contributed by atoms with Crippen LogP contribution in [0.25, 0.3) is 0 Å². The van der Waals surface area contributed by atoms with Crippen LogP contribution in [0.1, 0.15) is 40.0 Å². The maximum atomic E-state index is 11.1. The molecule has 106 valence electrons. The van der Waals surface area contributed by atoms with Gasteiger partial charge in [-0.2, -0.15) is 0 Å². The Hall–Kier alpha value is -0.610. The molecule has 0 aromatic rings. The highest BCUT2D eigenvalue weighted by molar-refractivity contribution is 5.69. The smallest absolute Gasteiger partial charge is 0.306 e. The van der Waals surface area contributed by atoms with Gasteiger partial charge in [0.05, 0.1) is 13.5 Å². The van der Waals surface area contributed by atoms with Crippen molar-refractivity contribution in [3.05, 3.63) is 0 Å². The largest absolute Gasteiger partial charge is 0.469 e. The Morgan fingerprint density at radius 3 is 2.72 bits per heavy atom. The SMILES string of the molecule is CCCC(C)N1CCN(CCC(=O)OC)CC1C. The summed E-state index contributed by atoms with van der Waals surface area (Å²) in [6.07, 6.45) is 3.02. The van der Waals surface area contributed by atoms with Gasteiger partial charge in [0, 0.05) is 38.3 Å². The van der Waals surface area contributed by atoms with Gasteiger partial charge in [-0.3, -0.25) is 14.6 Å². The number of hydrogen-bond acceptors (Lipinski definition) is 4. The van der Waals surface area contributed by atoms with Crippen LogP contribution in [-0.2, 0) is 9.53 Å². The number of nitrogens with zero attached hydrogens (tertiary/aromatic N) is 2. The molecule has 1 rings (SSSR count). The third-order valence-corrected chi connectivity index (χ3v) is 3.90. The molecule has 1 saturated heterocycles. The van der Waals surface area contributed by atoms with Crippen molar-refractivity contribution in [2.45, 2.75) is 52.1 Å². The summed E-state index contributed by atoms with van der Waals surface area (Å²) >= 11 is 0. The summed E-state index contributed by atoms with van der Waals surface area (Å²) in [4.78, 5) is 16.1. The molecule has 1 aliphatic heterocycles. The lowest BCUT2D eigenvalue weighted by molar-refractivity contribution is -0.141. The minimum Gasteiger partial charge on any atom is -0.469 e. The fourth-order valence-corrected chi connectivity index (χ4v) is 2.84. The van der Waals surface area contributed by atoms with Crippen molar-refractivity contribution in [1.29, 1.82) is 0 Å². The van der Waals surface area contributed by atoms with E-state index in [1.807, 2.05) is 0 Å². The summed E-state index contributed by atoms with van der Waals surface area (Å²) in [6, 6.07) is 1.26. The lowest BCUT2D eigenvalue weighted by Crippen LogP contribution is -2.54. The first-order valence-electron chi connectivity index (χ1n) is 7.13. The van der Waals surface area contributed by atoms with Crippen LogP contribution in [0, 0.1) is 0 Å². The van der Waals surface area contributed by atoms with E-state index >= 15 is 0 Å².